The summed E-state index contributed by atoms with van der Waals surface area (Å²) in [6.07, 6.45) is 13.0. The van der Waals surface area contributed by atoms with Crippen LogP contribution in [0.3, 0.4) is 0 Å². The predicted octanol–water partition coefficient (Wildman–Crippen LogP) is 5.64. The fourth-order valence-electron chi connectivity index (χ4n) is 3.06. The lowest BCUT2D eigenvalue weighted by Gasteiger charge is -2.25. The van der Waals surface area contributed by atoms with Gasteiger partial charge in [-0.25, -0.2) is 0 Å². The third kappa shape index (κ3) is 8.97. The molecule has 0 aliphatic carbocycles. The van der Waals surface area contributed by atoms with Crippen LogP contribution in [0.2, 0.25) is 0 Å². The Balaban J connectivity index is 4.30. The van der Waals surface area contributed by atoms with Crippen molar-refractivity contribution in [2.75, 3.05) is 0 Å². The Labute approximate surface area is 141 Å². The van der Waals surface area contributed by atoms with Crippen molar-refractivity contribution in [3.05, 3.63) is 0 Å². The maximum atomic E-state index is 11.6. The first-order chi connectivity index (χ1) is 11.0. The molecule has 0 unspecified atom stereocenters. The van der Waals surface area contributed by atoms with Crippen LogP contribution in [0.15, 0.2) is 0 Å². The summed E-state index contributed by atoms with van der Waals surface area (Å²) >= 11 is 0. The number of unbranched alkanes of at least 4 members (excludes halogenated alkanes) is 10. The van der Waals surface area contributed by atoms with Gasteiger partial charge in [-0.3, -0.25) is 9.59 Å². The monoisotopic (exact) mass is 328 g/mol. The molecule has 0 aromatic carbocycles. The van der Waals surface area contributed by atoms with E-state index in [2.05, 4.69) is 13.8 Å². The Morgan fingerprint density at radius 1 is 0.609 bits per heavy atom. The second kappa shape index (κ2) is 13.4. The van der Waals surface area contributed by atoms with Crippen LogP contribution in [-0.2, 0) is 9.59 Å². The molecule has 0 rings (SSSR count). The number of carbonyl (C=O) groups is 2. The normalized spacial score (nSPS) is 11.6. The number of hydrogen-bond acceptors (Lipinski definition) is 2. The van der Waals surface area contributed by atoms with Crippen LogP contribution in [0, 0.1) is 5.41 Å². The molecule has 23 heavy (non-hydrogen) atoms. The molecular weight excluding hydrogens is 292 g/mol. The average molecular weight is 328 g/mol. The second-order valence-corrected chi connectivity index (χ2v) is 6.73. The number of carboxylic acid groups (broad SMARTS) is 2. The standard InChI is InChI=1S/C19H36O4/c1-3-5-7-9-11-13-15-19(17(20)21,18(22)23)16-14-12-10-8-6-4-2/h3-16H2,1-2H3,(H,20,21)(H,22,23). The van der Waals surface area contributed by atoms with Gasteiger partial charge in [0.25, 0.3) is 0 Å². The summed E-state index contributed by atoms with van der Waals surface area (Å²) in [7, 11) is 0. The fourth-order valence-corrected chi connectivity index (χ4v) is 3.06. The number of rotatable bonds is 16. The Hall–Kier alpha value is -1.06. The minimum Gasteiger partial charge on any atom is -0.480 e. The Bertz CT molecular complexity index is 293. The minimum atomic E-state index is -1.57. The maximum Gasteiger partial charge on any atom is 0.321 e. The van der Waals surface area contributed by atoms with Crippen LogP contribution >= 0.6 is 0 Å². The first-order valence-corrected chi connectivity index (χ1v) is 9.48. The molecule has 0 aliphatic heterocycles. The van der Waals surface area contributed by atoms with E-state index in [0.29, 0.717) is 12.8 Å². The lowest BCUT2D eigenvalue weighted by Crippen LogP contribution is -2.39. The average Bonchev–Trinajstić information content (AvgIpc) is 2.51. The van der Waals surface area contributed by atoms with Crippen LogP contribution < -0.4 is 0 Å². The molecule has 136 valence electrons. The highest BCUT2D eigenvalue weighted by Crippen LogP contribution is 2.33. The van der Waals surface area contributed by atoms with Crippen molar-refractivity contribution in [2.45, 2.75) is 104 Å². The molecule has 0 fully saturated rings. The summed E-state index contributed by atoms with van der Waals surface area (Å²) in [5.41, 5.74) is -1.57. The van der Waals surface area contributed by atoms with Crippen LogP contribution in [0.5, 0.6) is 0 Å². The lowest BCUT2D eigenvalue weighted by molar-refractivity contribution is -0.166. The van der Waals surface area contributed by atoms with Gasteiger partial charge in [0, 0.05) is 0 Å². The van der Waals surface area contributed by atoms with Crippen LogP contribution in [0.25, 0.3) is 0 Å². The first kappa shape index (κ1) is 21.9. The predicted molar refractivity (Wildman–Crippen MR) is 93.7 cm³/mol. The van der Waals surface area contributed by atoms with E-state index >= 15 is 0 Å². The Morgan fingerprint density at radius 3 is 1.22 bits per heavy atom. The third-order valence-corrected chi connectivity index (χ3v) is 4.73. The maximum absolute atomic E-state index is 11.6. The van der Waals surface area contributed by atoms with E-state index in [-0.39, 0.29) is 12.8 Å². The molecular formula is C19H36O4. The van der Waals surface area contributed by atoms with Crippen LogP contribution in [0.1, 0.15) is 104 Å². The van der Waals surface area contributed by atoms with E-state index in [1.807, 2.05) is 0 Å². The van der Waals surface area contributed by atoms with E-state index in [1.165, 1.54) is 25.7 Å². The number of hydrogen-bond donors (Lipinski definition) is 2. The fraction of sp³-hybridized carbons (Fsp3) is 0.895. The molecule has 0 heterocycles. The molecule has 0 spiro atoms. The molecule has 4 heteroatoms. The summed E-state index contributed by atoms with van der Waals surface area (Å²) in [6.45, 7) is 4.31. The smallest absolute Gasteiger partial charge is 0.321 e. The molecule has 4 nitrogen and oxygen atoms in total. The molecule has 0 saturated heterocycles. The zero-order valence-electron chi connectivity index (χ0n) is 15.1. The van der Waals surface area contributed by atoms with E-state index in [4.69, 9.17) is 0 Å². The quantitative estimate of drug-likeness (QED) is 0.284. The summed E-state index contributed by atoms with van der Waals surface area (Å²) in [6, 6.07) is 0. The molecule has 0 atom stereocenters. The zero-order chi connectivity index (χ0) is 17.6. The number of aliphatic carboxylic acids is 2. The topological polar surface area (TPSA) is 74.6 Å². The molecule has 2 N–H and O–H groups in total. The van der Waals surface area contributed by atoms with Crippen molar-refractivity contribution < 1.29 is 19.8 Å². The van der Waals surface area contributed by atoms with Crippen LogP contribution in [-0.4, -0.2) is 22.2 Å². The van der Waals surface area contributed by atoms with Crippen molar-refractivity contribution in [1.29, 1.82) is 0 Å². The lowest BCUT2D eigenvalue weighted by atomic mass is 9.78. The molecule has 0 amide bonds. The SMILES string of the molecule is CCCCCCCCC(CCCCCCCC)(C(=O)O)C(=O)O. The zero-order valence-corrected chi connectivity index (χ0v) is 15.1. The van der Waals surface area contributed by atoms with E-state index in [0.717, 1.165) is 38.5 Å². The summed E-state index contributed by atoms with van der Waals surface area (Å²) in [5.74, 6) is -2.32. The molecule has 0 saturated carbocycles. The summed E-state index contributed by atoms with van der Waals surface area (Å²) in [4.78, 5) is 23.2. The van der Waals surface area contributed by atoms with Crippen molar-refractivity contribution in [1.82, 2.24) is 0 Å². The highest BCUT2D eigenvalue weighted by molar-refractivity contribution is 5.98. The summed E-state index contributed by atoms with van der Waals surface area (Å²) < 4.78 is 0. The molecule has 0 radical (unpaired) electrons. The van der Waals surface area contributed by atoms with Gasteiger partial charge in [0.1, 0.15) is 0 Å². The van der Waals surface area contributed by atoms with Crippen molar-refractivity contribution in [2.24, 2.45) is 5.41 Å². The summed E-state index contributed by atoms with van der Waals surface area (Å²) in [5, 5.41) is 19.0. The first-order valence-electron chi connectivity index (χ1n) is 9.48. The van der Waals surface area contributed by atoms with Gasteiger partial charge in [-0.2, -0.15) is 0 Å². The largest absolute Gasteiger partial charge is 0.480 e. The highest BCUT2D eigenvalue weighted by Gasteiger charge is 2.45. The number of carboxylic acids is 2. The third-order valence-electron chi connectivity index (χ3n) is 4.73. The van der Waals surface area contributed by atoms with Crippen molar-refractivity contribution in [3.8, 4) is 0 Å². The van der Waals surface area contributed by atoms with Gasteiger partial charge in [-0.05, 0) is 12.8 Å². The van der Waals surface area contributed by atoms with Gasteiger partial charge in [0.15, 0.2) is 5.41 Å². The van der Waals surface area contributed by atoms with E-state index in [1.54, 1.807) is 0 Å². The van der Waals surface area contributed by atoms with Gasteiger partial charge < -0.3 is 10.2 Å². The van der Waals surface area contributed by atoms with Crippen molar-refractivity contribution in [3.63, 3.8) is 0 Å². The van der Waals surface area contributed by atoms with Crippen molar-refractivity contribution >= 4 is 11.9 Å². The molecule has 0 aliphatic rings. The highest BCUT2D eigenvalue weighted by atomic mass is 16.4. The van der Waals surface area contributed by atoms with Gasteiger partial charge in [-0.1, -0.05) is 90.9 Å². The van der Waals surface area contributed by atoms with E-state index in [9.17, 15) is 19.8 Å². The Kier molecular flexibility index (Phi) is 12.8. The van der Waals surface area contributed by atoms with Gasteiger partial charge in [0.05, 0.1) is 0 Å². The minimum absolute atomic E-state index is 0.263. The van der Waals surface area contributed by atoms with Gasteiger partial charge >= 0.3 is 11.9 Å². The van der Waals surface area contributed by atoms with Gasteiger partial charge in [-0.15, -0.1) is 0 Å². The molecule has 0 bridgehead atoms. The second-order valence-electron chi connectivity index (χ2n) is 6.73. The molecule has 0 aromatic rings. The van der Waals surface area contributed by atoms with E-state index < -0.39 is 17.4 Å². The van der Waals surface area contributed by atoms with Crippen LogP contribution in [0.4, 0.5) is 0 Å². The Morgan fingerprint density at radius 2 is 0.913 bits per heavy atom. The van der Waals surface area contributed by atoms with Gasteiger partial charge in [0.2, 0.25) is 0 Å². The molecule has 0 aromatic heterocycles.